The van der Waals surface area contributed by atoms with Crippen molar-refractivity contribution >= 4 is 5.97 Å². The lowest BCUT2D eigenvalue weighted by Gasteiger charge is -2.35. The van der Waals surface area contributed by atoms with E-state index in [1.54, 1.807) is 26.0 Å². The molecule has 1 atom stereocenters. The zero-order valence-corrected chi connectivity index (χ0v) is 10.2. The zero-order valence-electron chi connectivity index (χ0n) is 10.2. The highest BCUT2D eigenvalue weighted by molar-refractivity contribution is 5.75. The quantitative estimate of drug-likeness (QED) is 0.827. The highest BCUT2D eigenvalue weighted by atomic mass is 16.4. The van der Waals surface area contributed by atoms with Crippen molar-refractivity contribution in [3.05, 3.63) is 29.3 Å². The highest BCUT2D eigenvalue weighted by Gasteiger charge is 2.40. The molecule has 2 N–H and O–H groups in total. The molecule has 0 amide bonds. The molecule has 2 rings (SSSR count). The first kappa shape index (κ1) is 12.0. The first-order chi connectivity index (χ1) is 7.94. The summed E-state index contributed by atoms with van der Waals surface area (Å²) >= 11 is 0. The van der Waals surface area contributed by atoms with E-state index in [1.807, 2.05) is 6.07 Å². The van der Waals surface area contributed by atoms with Gasteiger partial charge in [-0.15, -0.1) is 0 Å². The fraction of sp³-hybridized carbons (Fsp3) is 0.500. The maximum Gasteiger partial charge on any atom is 0.309 e. The summed E-state index contributed by atoms with van der Waals surface area (Å²) in [5, 5.41) is 19.2. The number of aliphatic carboxylic acids is 1. The van der Waals surface area contributed by atoms with Crippen LogP contribution in [0, 0.1) is 5.41 Å². The van der Waals surface area contributed by atoms with Gasteiger partial charge in [-0.1, -0.05) is 12.1 Å². The Morgan fingerprint density at radius 2 is 2.12 bits per heavy atom. The maximum absolute atomic E-state index is 11.4. The van der Waals surface area contributed by atoms with Gasteiger partial charge in [0.1, 0.15) is 5.75 Å². The van der Waals surface area contributed by atoms with Crippen molar-refractivity contribution in [3.63, 3.8) is 0 Å². The molecule has 1 aliphatic carbocycles. The van der Waals surface area contributed by atoms with Crippen LogP contribution in [0.4, 0.5) is 0 Å². The van der Waals surface area contributed by atoms with Crippen LogP contribution in [0.2, 0.25) is 0 Å². The van der Waals surface area contributed by atoms with Crippen LogP contribution in [0.25, 0.3) is 0 Å². The van der Waals surface area contributed by atoms with Crippen LogP contribution in [-0.2, 0) is 11.2 Å². The van der Waals surface area contributed by atoms with Gasteiger partial charge < -0.3 is 10.2 Å². The lowest BCUT2D eigenvalue weighted by atomic mass is 9.68. The molecule has 1 aromatic carbocycles. The smallest absolute Gasteiger partial charge is 0.309 e. The molecular weight excluding hydrogens is 216 g/mol. The lowest BCUT2D eigenvalue weighted by molar-refractivity contribution is -0.148. The third kappa shape index (κ3) is 1.90. The Labute approximate surface area is 101 Å². The number of carbonyl (C=O) groups is 1. The number of phenolic OH excluding ortho intramolecular Hbond substituents is 1. The molecule has 3 nitrogen and oxygen atoms in total. The number of aromatic hydroxyl groups is 1. The predicted octanol–water partition coefficient (Wildman–Crippen LogP) is 2.92. The van der Waals surface area contributed by atoms with E-state index in [1.165, 1.54) is 0 Å². The minimum atomic E-state index is -0.789. The summed E-state index contributed by atoms with van der Waals surface area (Å²) in [7, 11) is 0. The molecule has 0 saturated heterocycles. The van der Waals surface area contributed by atoms with Gasteiger partial charge in [-0.05, 0) is 56.2 Å². The number of carboxylic acid groups (broad SMARTS) is 1. The minimum Gasteiger partial charge on any atom is -0.508 e. The summed E-state index contributed by atoms with van der Waals surface area (Å²) in [4.78, 5) is 11.4. The Morgan fingerprint density at radius 1 is 1.41 bits per heavy atom. The van der Waals surface area contributed by atoms with E-state index in [-0.39, 0.29) is 5.92 Å². The van der Waals surface area contributed by atoms with Gasteiger partial charge in [0, 0.05) is 0 Å². The van der Waals surface area contributed by atoms with Crippen molar-refractivity contribution in [2.45, 2.75) is 39.0 Å². The molecule has 0 aliphatic heterocycles. The summed E-state index contributed by atoms with van der Waals surface area (Å²) in [6.45, 7) is 3.53. The molecule has 17 heavy (non-hydrogen) atoms. The van der Waals surface area contributed by atoms with Gasteiger partial charge in [-0.3, -0.25) is 4.79 Å². The SMILES string of the molecule is CC(C)(C(=O)O)C1CCCc2c(O)cccc21. The second kappa shape index (κ2) is 4.06. The molecule has 0 fully saturated rings. The first-order valence-electron chi connectivity index (χ1n) is 5.98. The fourth-order valence-corrected chi connectivity index (χ4v) is 2.73. The fourth-order valence-electron chi connectivity index (χ4n) is 2.73. The monoisotopic (exact) mass is 234 g/mol. The molecule has 92 valence electrons. The molecule has 0 saturated carbocycles. The first-order valence-corrected chi connectivity index (χ1v) is 5.98. The van der Waals surface area contributed by atoms with Gasteiger partial charge in [0.15, 0.2) is 0 Å². The molecule has 3 heteroatoms. The molecule has 1 aliphatic rings. The Kier molecular flexibility index (Phi) is 2.86. The number of fused-ring (bicyclic) bond motifs is 1. The van der Waals surface area contributed by atoms with Crippen molar-refractivity contribution < 1.29 is 15.0 Å². The van der Waals surface area contributed by atoms with Gasteiger partial charge >= 0.3 is 5.97 Å². The van der Waals surface area contributed by atoms with Crippen molar-refractivity contribution in [2.75, 3.05) is 0 Å². The molecule has 0 spiro atoms. The third-order valence-electron chi connectivity index (χ3n) is 3.90. The molecule has 0 radical (unpaired) electrons. The topological polar surface area (TPSA) is 57.5 Å². The summed E-state index contributed by atoms with van der Waals surface area (Å²) < 4.78 is 0. The van der Waals surface area contributed by atoms with Crippen LogP contribution in [0.1, 0.15) is 43.7 Å². The van der Waals surface area contributed by atoms with Crippen molar-refractivity contribution in [1.29, 1.82) is 0 Å². The van der Waals surface area contributed by atoms with Crippen LogP contribution in [0.15, 0.2) is 18.2 Å². The van der Waals surface area contributed by atoms with E-state index < -0.39 is 11.4 Å². The minimum absolute atomic E-state index is 0.0177. The van der Waals surface area contributed by atoms with Crippen LogP contribution in [-0.4, -0.2) is 16.2 Å². The maximum atomic E-state index is 11.4. The van der Waals surface area contributed by atoms with E-state index in [9.17, 15) is 15.0 Å². The van der Waals surface area contributed by atoms with Gasteiger partial charge in [0.25, 0.3) is 0 Å². The summed E-state index contributed by atoms with van der Waals surface area (Å²) in [5.41, 5.74) is 1.14. The molecule has 0 heterocycles. The number of phenols is 1. The third-order valence-corrected chi connectivity index (χ3v) is 3.90. The van der Waals surface area contributed by atoms with E-state index in [0.29, 0.717) is 5.75 Å². The lowest BCUT2D eigenvalue weighted by Crippen LogP contribution is -2.33. The Balaban J connectivity index is 2.49. The number of carboxylic acids is 1. The van der Waals surface area contributed by atoms with Crippen LogP contribution >= 0.6 is 0 Å². The Morgan fingerprint density at radius 3 is 2.76 bits per heavy atom. The van der Waals surface area contributed by atoms with Gasteiger partial charge in [-0.25, -0.2) is 0 Å². The van der Waals surface area contributed by atoms with E-state index in [0.717, 1.165) is 30.4 Å². The van der Waals surface area contributed by atoms with E-state index >= 15 is 0 Å². The van der Waals surface area contributed by atoms with Gasteiger partial charge in [-0.2, -0.15) is 0 Å². The number of hydrogen-bond donors (Lipinski definition) is 2. The van der Waals surface area contributed by atoms with Crippen molar-refractivity contribution in [1.82, 2.24) is 0 Å². The largest absolute Gasteiger partial charge is 0.508 e. The summed E-state index contributed by atoms with van der Waals surface area (Å²) in [6.07, 6.45) is 2.65. The van der Waals surface area contributed by atoms with Crippen molar-refractivity contribution in [2.24, 2.45) is 5.41 Å². The van der Waals surface area contributed by atoms with Crippen LogP contribution < -0.4 is 0 Å². The standard InChI is InChI=1S/C14H18O3/c1-14(2,13(16)17)11-7-3-6-10-9(11)5-4-8-12(10)15/h4-5,8,11,15H,3,6-7H2,1-2H3,(H,16,17). The highest BCUT2D eigenvalue weighted by Crippen LogP contribution is 2.45. The second-order valence-electron chi connectivity index (χ2n) is 5.32. The average molecular weight is 234 g/mol. The molecule has 0 bridgehead atoms. The van der Waals surface area contributed by atoms with E-state index in [4.69, 9.17) is 0 Å². The van der Waals surface area contributed by atoms with Crippen molar-refractivity contribution in [3.8, 4) is 5.75 Å². The predicted molar refractivity (Wildman–Crippen MR) is 65.2 cm³/mol. The summed E-state index contributed by atoms with van der Waals surface area (Å²) in [6, 6.07) is 5.42. The molecule has 0 aromatic heterocycles. The van der Waals surface area contributed by atoms with Gasteiger partial charge in [0.05, 0.1) is 5.41 Å². The molecular formula is C14H18O3. The second-order valence-corrected chi connectivity index (χ2v) is 5.32. The average Bonchev–Trinajstić information content (AvgIpc) is 2.28. The number of benzene rings is 1. The normalized spacial score (nSPS) is 19.8. The van der Waals surface area contributed by atoms with Crippen LogP contribution in [0.3, 0.4) is 0 Å². The van der Waals surface area contributed by atoms with Gasteiger partial charge in [0.2, 0.25) is 0 Å². The zero-order chi connectivity index (χ0) is 12.6. The Hall–Kier alpha value is -1.51. The van der Waals surface area contributed by atoms with E-state index in [2.05, 4.69) is 0 Å². The molecule has 1 unspecified atom stereocenters. The Bertz CT molecular complexity index is 449. The number of rotatable bonds is 2. The molecule has 1 aromatic rings. The van der Waals surface area contributed by atoms with Crippen LogP contribution in [0.5, 0.6) is 5.75 Å². The number of hydrogen-bond acceptors (Lipinski definition) is 2. The summed E-state index contributed by atoms with van der Waals surface area (Å²) in [5.74, 6) is -0.497.